The van der Waals surface area contributed by atoms with Gasteiger partial charge < -0.3 is 24.1 Å². The maximum atomic E-state index is 12.7. The zero-order valence-electron chi connectivity index (χ0n) is 13.8. The number of hydrogen-bond donors (Lipinski definition) is 1. The molecule has 1 N–H and O–H groups in total. The average molecular weight is 336 g/mol. The molecule has 0 amide bonds. The van der Waals surface area contributed by atoms with Crippen molar-refractivity contribution >= 4 is 11.9 Å². The summed E-state index contributed by atoms with van der Waals surface area (Å²) >= 11 is 0. The van der Waals surface area contributed by atoms with Gasteiger partial charge in [-0.2, -0.15) is 0 Å². The van der Waals surface area contributed by atoms with Gasteiger partial charge in [-0.05, 0) is 13.8 Å². The Morgan fingerprint density at radius 3 is 2.58 bits per heavy atom. The Hall–Kier alpha value is -1.44. The Morgan fingerprint density at radius 2 is 2.04 bits per heavy atom. The summed E-state index contributed by atoms with van der Waals surface area (Å²) in [5.74, 6) is -2.14. The third kappa shape index (κ3) is 1.21. The highest BCUT2D eigenvalue weighted by atomic mass is 16.7. The molecule has 1 spiro atoms. The molecule has 0 radical (unpaired) electrons. The number of esters is 2. The number of epoxide rings is 2. The number of rotatable bonds is 2. The van der Waals surface area contributed by atoms with E-state index in [1.54, 1.807) is 6.92 Å². The van der Waals surface area contributed by atoms with Crippen LogP contribution in [0.5, 0.6) is 0 Å². The van der Waals surface area contributed by atoms with Crippen LogP contribution >= 0.6 is 0 Å². The first-order chi connectivity index (χ1) is 11.2. The summed E-state index contributed by atoms with van der Waals surface area (Å²) < 4.78 is 22.9. The van der Waals surface area contributed by atoms with E-state index in [4.69, 9.17) is 18.9 Å². The van der Waals surface area contributed by atoms with E-state index in [-0.39, 0.29) is 6.10 Å². The van der Waals surface area contributed by atoms with Crippen LogP contribution in [-0.4, -0.2) is 59.3 Å². The van der Waals surface area contributed by atoms with Crippen molar-refractivity contribution in [1.29, 1.82) is 0 Å². The van der Waals surface area contributed by atoms with Crippen LogP contribution in [0.2, 0.25) is 0 Å². The average Bonchev–Trinajstić information content (AvgIpc) is 3.35. The quantitative estimate of drug-likeness (QED) is 0.429. The molecule has 0 aromatic heterocycles. The molecule has 0 aromatic carbocycles. The number of carbonyl (C=O) groups excluding carboxylic acids is 2. The molecule has 2 aliphatic carbocycles. The van der Waals surface area contributed by atoms with Crippen LogP contribution in [0.1, 0.15) is 20.8 Å². The van der Waals surface area contributed by atoms with Crippen molar-refractivity contribution in [2.75, 3.05) is 6.61 Å². The Kier molecular flexibility index (Phi) is 2.39. The summed E-state index contributed by atoms with van der Waals surface area (Å²) in [5, 5.41) is 11.2. The van der Waals surface area contributed by atoms with Gasteiger partial charge in [0.15, 0.2) is 5.60 Å². The summed E-state index contributed by atoms with van der Waals surface area (Å²) in [6, 6.07) is 0. The first-order valence-corrected chi connectivity index (χ1v) is 8.25. The number of aliphatic hydroxyl groups excluding tert-OH is 1. The van der Waals surface area contributed by atoms with Gasteiger partial charge in [0.05, 0.1) is 12.0 Å². The fraction of sp³-hybridized carbons (Fsp3) is 0.765. The largest absolute Gasteiger partial charge is 0.459 e. The number of hydrogen-bond acceptors (Lipinski definition) is 7. The van der Waals surface area contributed by atoms with E-state index >= 15 is 0 Å². The second-order valence-corrected chi connectivity index (χ2v) is 7.94. The van der Waals surface area contributed by atoms with E-state index in [1.807, 2.05) is 6.92 Å². The molecule has 9 atom stereocenters. The van der Waals surface area contributed by atoms with E-state index in [9.17, 15) is 14.7 Å². The molecule has 2 saturated carbocycles. The second-order valence-electron chi connectivity index (χ2n) is 7.94. The van der Waals surface area contributed by atoms with Gasteiger partial charge in [-0.1, -0.05) is 12.2 Å². The van der Waals surface area contributed by atoms with Crippen LogP contribution in [0.3, 0.4) is 0 Å². The highest BCUT2D eigenvalue weighted by molar-refractivity contribution is 5.81. The fourth-order valence-electron chi connectivity index (χ4n) is 5.92. The van der Waals surface area contributed by atoms with Crippen molar-refractivity contribution < 1.29 is 33.6 Å². The van der Waals surface area contributed by atoms with Crippen molar-refractivity contribution in [1.82, 2.24) is 0 Å². The van der Waals surface area contributed by atoms with E-state index in [0.29, 0.717) is 6.61 Å². The van der Waals surface area contributed by atoms with Crippen LogP contribution < -0.4 is 0 Å². The lowest BCUT2D eigenvalue weighted by Gasteiger charge is -2.55. The molecule has 0 unspecified atom stereocenters. The zero-order valence-corrected chi connectivity index (χ0v) is 13.8. The van der Waals surface area contributed by atoms with Gasteiger partial charge in [0.2, 0.25) is 0 Å². The summed E-state index contributed by atoms with van der Waals surface area (Å²) in [7, 11) is 0. The molecule has 24 heavy (non-hydrogen) atoms. The van der Waals surface area contributed by atoms with E-state index in [2.05, 4.69) is 6.58 Å². The lowest BCUT2D eigenvalue weighted by atomic mass is 9.52. The topological polar surface area (TPSA) is 97.9 Å². The smallest absolute Gasteiger partial charge is 0.314 e. The normalized spacial score (nSPS) is 58.8. The number of ether oxygens (including phenoxy) is 4. The number of aliphatic hydroxyl groups is 1. The monoisotopic (exact) mass is 336 g/mol. The molecular formula is C17H20O7. The van der Waals surface area contributed by atoms with Crippen molar-refractivity contribution in [3.05, 3.63) is 12.2 Å². The third-order valence-corrected chi connectivity index (χ3v) is 6.99. The van der Waals surface area contributed by atoms with Gasteiger partial charge >= 0.3 is 11.9 Å². The standard InChI is InChI=1S/C17H20O7/c1-6(2)8-9-14(20)22-10(8)11(19)15(4)16(5-21-16)12-13(23-12)17(9,15)24-7(3)18/h8-13,19H,1,5H2,2-4H3/t8-,9+,10+,11+,12+,13-,15-,16+,17-/m0/s1. The molecule has 7 heteroatoms. The lowest BCUT2D eigenvalue weighted by molar-refractivity contribution is -0.246. The predicted octanol–water partition coefficient (Wildman–Crippen LogP) is -0.0470. The summed E-state index contributed by atoms with van der Waals surface area (Å²) in [4.78, 5) is 24.7. The Morgan fingerprint density at radius 1 is 1.38 bits per heavy atom. The van der Waals surface area contributed by atoms with Crippen LogP contribution in [0.25, 0.3) is 0 Å². The second kappa shape index (κ2) is 3.86. The molecule has 3 saturated heterocycles. The molecule has 5 fully saturated rings. The van der Waals surface area contributed by atoms with Crippen molar-refractivity contribution in [3.8, 4) is 0 Å². The maximum Gasteiger partial charge on any atom is 0.314 e. The first-order valence-electron chi connectivity index (χ1n) is 8.25. The molecule has 2 bridgehead atoms. The van der Waals surface area contributed by atoms with Gasteiger partial charge in [-0.25, -0.2) is 0 Å². The van der Waals surface area contributed by atoms with Gasteiger partial charge in [-0.3, -0.25) is 9.59 Å². The van der Waals surface area contributed by atoms with Crippen LogP contribution in [-0.2, 0) is 28.5 Å². The molecule has 0 aromatic rings. The fourth-order valence-corrected chi connectivity index (χ4v) is 5.92. The molecule has 7 nitrogen and oxygen atoms in total. The first kappa shape index (κ1) is 14.9. The van der Waals surface area contributed by atoms with E-state index in [1.165, 1.54) is 6.92 Å². The predicted molar refractivity (Wildman–Crippen MR) is 77.6 cm³/mol. The summed E-state index contributed by atoms with van der Waals surface area (Å²) in [5.41, 5.74) is -2.27. The lowest BCUT2D eigenvalue weighted by Crippen LogP contribution is -2.71. The molecule has 3 aliphatic heterocycles. The minimum Gasteiger partial charge on any atom is -0.459 e. The molecule has 130 valence electrons. The van der Waals surface area contributed by atoms with Crippen LogP contribution in [0, 0.1) is 17.3 Å². The molecule has 5 rings (SSSR count). The van der Waals surface area contributed by atoms with E-state index < -0.39 is 58.7 Å². The van der Waals surface area contributed by atoms with Gasteiger partial charge in [0, 0.05) is 12.8 Å². The van der Waals surface area contributed by atoms with Gasteiger partial charge in [0.25, 0.3) is 0 Å². The third-order valence-electron chi connectivity index (χ3n) is 6.99. The summed E-state index contributed by atoms with van der Waals surface area (Å²) in [6.45, 7) is 9.32. The molecule has 3 heterocycles. The van der Waals surface area contributed by atoms with Gasteiger partial charge in [-0.15, -0.1) is 0 Å². The zero-order chi connectivity index (χ0) is 17.2. The Bertz CT molecular complexity index is 697. The molecular weight excluding hydrogens is 316 g/mol. The minimum absolute atomic E-state index is 0.269. The van der Waals surface area contributed by atoms with E-state index in [0.717, 1.165) is 5.57 Å². The number of fused-ring (bicyclic) bond motifs is 8. The number of carbonyl (C=O) groups is 2. The highest BCUT2D eigenvalue weighted by Crippen LogP contribution is 2.77. The van der Waals surface area contributed by atoms with Crippen LogP contribution in [0.15, 0.2) is 12.2 Å². The van der Waals surface area contributed by atoms with Crippen LogP contribution in [0.4, 0.5) is 0 Å². The maximum absolute atomic E-state index is 12.7. The molecule has 5 aliphatic rings. The van der Waals surface area contributed by atoms with Crippen molar-refractivity contribution in [2.45, 2.75) is 56.4 Å². The SMILES string of the molecule is C=C(C)[C@@H]1[C@H]2OC(=O)[C@@H]1[C@]1(OC(C)=O)[C@H]3O[C@H]3[C@]3(CO3)[C@]1(C)[C@@H]2O. The van der Waals surface area contributed by atoms with Gasteiger partial charge in [0.1, 0.15) is 35.9 Å². The Labute approximate surface area is 138 Å². The minimum atomic E-state index is -1.30. The summed E-state index contributed by atoms with van der Waals surface area (Å²) in [6.07, 6.45) is -2.47. The highest BCUT2D eigenvalue weighted by Gasteiger charge is 2.96. The van der Waals surface area contributed by atoms with Crippen molar-refractivity contribution in [3.63, 3.8) is 0 Å². The van der Waals surface area contributed by atoms with Crippen molar-refractivity contribution in [2.24, 2.45) is 17.3 Å². The Balaban J connectivity index is 1.77.